The first-order valence-corrected chi connectivity index (χ1v) is 7.85. The Hall–Kier alpha value is -2.66. The lowest BCUT2D eigenvalue weighted by Gasteiger charge is -2.18. The van der Waals surface area contributed by atoms with Crippen LogP contribution in [0.3, 0.4) is 0 Å². The second kappa shape index (κ2) is 6.84. The van der Waals surface area contributed by atoms with E-state index in [-0.39, 0.29) is 17.8 Å². The number of nitrogens with one attached hydrogen (secondary N) is 2. The Morgan fingerprint density at radius 2 is 1.96 bits per heavy atom. The fraction of sp³-hybridized carbons (Fsp3) is 0.211. The summed E-state index contributed by atoms with van der Waals surface area (Å²) in [5, 5.41) is 13.4. The molecule has 0 aliphatic rings. The molecule has 3 rings (SSSR count). The van der Waals surface area contributed by atoms with E-state index in [1.54, 1.807) is 12.1 Å². The Kier molecular flexibility index (Phi) is 4.62. The molecule has 1 amide bonds. The number of halogens is 1. The van der Waals surface area contributed by atoms with Crippen LogP contribution in [0.5, 0.6) is 0 Å². The van der Waals surface area contributed by atoms with Gasteiger partial charge in [0.25, 0.3) is 5.91 Å². The first-order valence-electron chi connectivity index (χ1n) is 7.85. The maximum absolute atomic E-state index is 13.7. The molecule has 3 N–H and O–H groups in total. The van der Waals surface area contributed by atoms with Gasteiger partial charge >= 0.3 is 0 Å². The molecule has 0 aliphatic heterocycles. The summed E-state index contributed by atoms with van der Waals surface area (Å²) >= 11 is 0. The summed E-state index contributed by atoms with van der Waals surface area (Å²) in [6, 6.07) is 15.2. The average Bonchev–Trinajstić information content (AvgIpc) is 3.01. The smallest absolute Gasteiger partial charge is 0.267 e. The molecule has 0 aliphatic carbocycles. The maximum atomic E-state index is 13.7. The third kappa shape index (κ3) is 3.46. The molecule has 0 saturated carbocycles. The summed E-state index contributed by atoms with van der Waals surface area (Å²) in [5.74, 6) is -0.686. The number of hydrogen-bond acceptors (Lipinski definition) is 2. The summed E-state index contributed by atoms with van der Waals surface area (Å²) in [6.45, 7) is 1.83. The minimum absolute atomic E-state index is 0.232. The van der Waals surface area contributed by atoms with Gasteiger partial charge < -0.3 is 15.4 Å². The van der Waals surface area contributed by atoms with Gasteiger partial charge in [0.1, 0.15) is 11.5 Å². The quantitative estimate of drug-likeness (QED) is 0.671. The van der Waals surface area contributed by atoms with Gasteiger partial charge in [-0.25, -0.2) is 4.39 Å². The van der Waals surface area contributed by atoms with E-state index in [0.29, 0.717) is 23.0 Å². The number of benzene rings is 2. The molecule has 4 nitrogen and oxygen atoms in total. The van der Waals surface area contributed by atoms with Crippen LogP contribution >= 0.6 is 0 Å². The predicted molar refractivity (Wildman–Crippen MR) is 91.2 cm³/mol. The monoisotopic (exact) mass is 326 g/mol. The second-order valence-corrected chi connectivity index (χ2v) is 5.92. The van der Waals surface area contributed by atoms with Crippen LogP contribution < -0.4 is 5.32 Å². The van der Waals surface area contributed by atoms with E-state index in [0.717, 1.165) is 5.56 Å². The van der Waals surface area contributed by atoms with Crippen molar-refractivity contribution in [2.75, 3.05) is 0 Å². The lowest BCUT2D eigenvalue weighted by atomic mass is 10.0. The zero-order valence-electron chi connectivity index (χ0n) is 13.3. The van der Waals surface area contributed by atoms with Gasteiger partial charge in [-0.2, -0.15) is 0 Å². The van der Waals surface area contributed by atoms with Gasteiger partial charge in [-0.3, -0.25) is 4.79 Å². The number of rotatable bonds is 5. The molecule has 1 heterocycles. The van der Waals surface area contributed by atoms with E-state index >= 15 is 0 Å². The summed E-state index contributed by atoms with van der Waals surface area (Å²) < 4.78 is 13.7. The van der Waals surface area contributed by atoms with Crippen LogP contribution in [0.15, 0.2) is 54.6 Å². The van der Waals surface area contributed by atoms with Crippen molar-refractivity contribution in [1.29, 1.82) is 0 Å². The van der Waals surface area contributed by atoms with Crippen LogP contribution in [-0.2, 0) is 0 Å². The zero-order valence-corrected chi connectivity index (χ0v) is 13.3. The second-order valence-electron chi connectivity index (χ2n) is 5.92. The number of carbonyl (C=O) groups is 1. The van der Waals surface area contributed by atoms with Crippen molar-refractivity contribution < 1.29 is 14.3 Å². The molecule has 1 aromatic heterocycles. The highest BCUT2D eigenvalue weighted by atomic mass is 19.1. The molecule has 0 fully saturated rings. The minimum Gasteiger partial charge on any atom is -0.388 e. The van der Waals surface area contributed by atoms with Crippen molar-refractivity contribution in [3.8, 4) is 0 Å². The largest absolute Gasteiger partial charge is 0.388 e. The van der Waals surface area contributed by atoms with Crippen LogP contribution in [0.4, 0.5) is 4.39 Å². The van der Waals surface area contributed by atoms with E-state index in [1.807, 2.05) is 37.3 Å². The van der Waals surface area contributed by atoms with E-state index in [2.05, 4.69) is 10.3 Å². The van der Waals surface area contributed by atoms with Gasteiger partial charge in [-0.15, -0.1) is 0 Å². The lowest BCUT2D eigenvalue weighted by molar-refractivity contribution is 0.0913. The Bertz CT molecular complexity index is 845. The van der Waals surface area contributed by atoms with Crippen molar-refractivity contribution >= 4 is 16.8 Å². The number of aliphatic hydroxyl groups excluding tert-OH is 1. The number of aromatic nitrogens is 1. The predicted octanol–water partition coefficient (Wildman–Crippen LogP) is 3.55. The average molecular weight is 326 g/mol. The van der Waals surface area contributed by atoms with Crippen LogP contribution in [0, 0.1) is 5.82 Å². The van der Waals surface area contributed by atoms with E-state index < -0.39 is 6.10 Å². The summed E-state index contributed by atoms with van der Waals surface area (Å²) in [5.41, 5.74) is 1.69. The van der Waals surface area contributed by atoms with Crippen molar-refractivity contribution in [3.63, 3.8) is 0 Å². The molecule has 124 valence electrons. The highest BCUT2D eigenvalue weighted by Gasteiger charge is 2.17. The molecule has 2 aromatic carbocycles. The molecule has 0 radical (unpaired) electrons. The number of H-pyrrole nitrogens is 1. The number of carbonyl (C=O) groups excluding carboxylic acids is 1. The van der Waals surface area contributed by atoms with Crippen LogP contribution in [0.2, 0.25) is 0 Å². The fourth-order valence-electron chi connectivity index (χ4n) is 2.75. The van der Waals surface area contributed by atoms with Gasteiger partial charge in [-0.1, -0.05) is 36.4 Å². The Morgan fingerprint density at radius 1 is 1.21 bits per heavy atom. The fourth-order valence-corrected chi connectivity index (χ4v) is 2.75. The number of aromatic amines is 1. The SMILES string of the molecule is CC(CC(O)c1ccccc1)NC(=O)c1cc2c(F)cccc2[nH]1. The van der Waals surface area contributed by atoms with E-state index in [1.165, 1.54) is 12.1 Å². The molecule has 0 saturated heterocycles. The van der Waals surface area contributed by atoms with Gasteiger partial charge in [0.15, 0.2) is 0 Å². The van der Waals surface area contributed by atoms with Crippen LogP contribution in [-0.4, -0.2) is 22.0 Å². The van der Waals surface area contributed by atoms with E-state index in [9.17, 15) is 14.3 Å². The Labute approximate surface area is 139 Å². The number of fused-ring (bicyclic) bond motifs is 1. The Morgan fingerprint density at radius 3 is 2.67 bits per heavy atom. The van der Waals surface area contributed by atoms with Gasteiger partial charge in [0.05, 0.1) is 6.10 Å². The van der Waals surface area contributed by atoms with Gasteiger partial charge in [0.2, 0.25) is 0 Å². The molecule has 3 aromatic rings. The minimum atomic E-state index is -0.651. The summed E-state index contributed by atoms with van der Waals surface area (Å²) in [4.78, 5) is 15.2. The Balaban J connectivity index is 1.66. The zero-order chi connectivity index (χ0) is 17.1. The molecular weight excluding hydrogens is 307 g/mol. The van der Waals surface area contributed by atoms with Gasteiger partial charge in [0, 0.05) is 16.9 Å². The topological polar surface area (TPSA) is 65.1 Å². The molecule has 24 heavy (non-hydrogen) atoms. The third-order valence-corrected chi connectivity index (χ3v) is 3.99. The molecule has 2 unspecified atom stereocenters. The maximum Gasteiger partial charge on any atom is 0.267 e. The van der Waals surface area contributed by atoms with Crippen molar-refractivity contribution in [3.05, 3.63) is 71.7 Å². The number of amides is 1. The molecule has 2 atom stereocenters. The van der Waals surface area contributed by atoms with E-state index in [4.69, 9.17) is 0 Å². The highest BCUT2D eigenvalue weighted by molar-refractivity contribution is 5.98. The normalized spacial score (nSPS) is 13.6. The molecule has 0 spiro atoms. The molecule has 0 bridgehead atoms. The first kappa shape index (κ1) is 16.2. The first-order chi connectivity index (χ1) is 11.5. The summed E-state index contributed by atoms with van der Waals surface area (Å²) in [6.07, 6.45) is -0.258. The van der Waals surface area contributed by atoms with Crippen molar-refractivity contribution in [1.82, 2.24) is 10.3 Å². The highest BCUT2D eigenvalue weighted by Crippen LogP contribution is 2.20. The summed E-state index contributed by atoms with van der Waals surface area (Å²) in [7, 11) is 0. The van der Waals surface area contributed by atoms with Crippen LogP contribution in [0.25, 0.3) is 10.9 Å². The van der Waals surface area contributed by atoms with Crippen molar-refractivity contribution in [2.24, 2.45) is 0 Å². The van der Waals surface area contributed by atoms with Crippen LogP contribution in [0.1, 0.15) is 35.5 Å². The van der Waals surface area contributed by atoms with Crippen molar-refractivity contribution in [2.45, 2.75) is 25.5 Å². The van der Waals surface area contributed by atoms with Gasteiger partial charge in [-0.05, 0) is 37.1 Å². The molecule has 5 heteroatoms. The third-order valence-electron chi connectivity index (χ3n) is 3.99. The molecular formula is C19H19FN2O2. The lowest BCUT2D eigenvalue weighted by Crippen LogP contribution is -2.33. The standard InChI is InChI=1S/C19H19FN2O2/c1-12(10-18(23)13-6-3-2-4-7-13)21-19(24)17-11-14-15(20)8-5-9-16(14)22-17/h2-9,11-12,18,22-23H,10H2,1H3,(H,21,24). The number of hydrogen-bond donors (Lipinski definition) is 3. The number of aliphatic hydroxyl groups is 1.